The summed E-state index contributed by atoms with van der Waals surface area (Å²) in [7, 11) is 0. The first-order valence-corrected chi connectivity index (χ1v) is 6.73. The summed E-state index contributed by atoms with van der Waals surface area (Å²) >= 11 is 7.50. The van der Waals surface area contributed by atoms with Gasteiger partial charge in [-0.1, -0.05) is 23.7 Å². The number of benzene rings is 1. The van der Waals surface area contributed by atoms with Crippen LogP contribution in [-0.4, -0.2) is 18.3 Å². The number of hydrogen-bond donors (Lipinski definition) is 0. The lowest BCUT2D eigenvalue weighted by Gasteiger charge is -2.02. The molecule has 0 amide bonds. The summed E-state index contributed by atoms with van der Waals surface area (Å²) in [5, 5.41) is 0.750. The van der Waals surface area contributed by atoms with Crippen molar-refractivity contribution >= 4 is 29.3 Å². The number of halogens is 1. The summed E-state index contributed by atoms with van der Waals surface area (Å²) in [6.45, 7) is 2.28. The van der Waals surface area contributed by atoms with Crippen LogP contribution in [0.5, 0.6) is 0 Å². The zero-order valence-corrected chi connectivity index (χ0v) is 10.8. The van der Waals surface area contributed by atoms with Crippen LogP contribution in [0.1, 0.15) is 18.9 Å². The second-order valence-corrected chi connectivity index (χ2v) is 4.78. The fourth-order valence-electron chi connectivity index (χ4n) is 1.16. The highest BCUT2D eigenvalue weighted by Gasteiger charge is 2.01. The van der Waals surface area contributed by atoms with Crippen molar-refractivity contribution in [2.45, 2.75) is 19.1 Å². The Morgan fingerprint density at radius 2 is 2.06 bits per heavy atom. The smallest absolute Gasteiger partial charge is 0.306 e. The normalized spacial score (nSPS) is 10.1. The molecule has 0 N–H and O–H groups in total. The maximum atomic E-state index is 11.0. The monoisotopic (exact) mass is 258 g/mol. The van der Waals surface area contributed by atoms with Gasteiger partial charge < -0.3 is 4.74 Å². The Hall–Kier alpha value is -0.670. The fourth-order valence-corrected chi connectivity index (χ4v) is 2.17. The first-order valence-electron chi connectivity index (χ1n) is 5.20. The van der Waals surface area contributed by atoms with Gasteiger partial charge in [-0.05, 0) is 24.6 Å². The van der Waals surface area contributed by atoms with E-state index in [1.54, 1.807) is 11.8 Å². The number of rotatable bonds is 6. The minimum atomic E-state index is -0.119. The lowest BCUT2D eigenvalue weighted by atomic mass is 10.2. The van der Waals surface area contributed by atoms with Crippen molar-refractivity contribution in [3.05, 3.63) is 34.9 Å². The molecule has 1 aromatic rings. The quantitative estimate of drug-likeness (QED) is 0.577. The summed E-state index contributed by atoms with van der Waals surface area (Å²) in [6, 6.07) is 7.75. The van der Waals surface area contributed by atoms with E-state index in [4.69, 9.17) is 16.3 Å². The molecular weight excluding hydrogens is 244 g/mol. The van der Waals surface area contributed by atoms with Gasteiger partial charge in [0, 0.05) is 16.5 Å². The van der Waals surface area contributed by atoms with E-state index in [-0.39, 0.29) is 5.97 Å². The molecule has 0 aliphatic heterocycles. The van der Waals surface area contributed by atoms with Crippen LogP contribution < -0.4 is 0 Å². The van der Waals surface area contributed by atoms with Crippen molar-refractivity contribution < 1.29 is 9.53 Å². The van der Waals surface area contributed by atoms with Crippen molar-refractivity contribution in [1.82, 2.24) is 0 Å². The highest BCUT2D eigenvalue weighted by Crippen LogP contribution is 2.16. The third-order valence-electron chi connectivity index (χ3n) is 1.94. The van der Waals surface area contributed by atoms with Crippen molar-refractivity contribution in [2.75, 3.05) is 12.4 Å². The largest absolute Gasteiger partial charge is 0.466 e. The average Bonchev–Trinajstić information content (AvgIpc) is 2.27. The molecule has 0 unspecified atom stereocenters. The van der Waals surface area contributed by atoms with Gasteiger partial charge in [0.1, 0.15) is 0 Å². The van der Waals surface area contributed by atoms with Gasteiger partial charge in [0.2, 0.25) is 0 Å². The number of carbonyl (C=O) groups excluding carboxylic acids is 1. The average molecular weight is 259 g/mol. The number of esters is 1. The van der Waals surface area contributed by atoms with E-state index in [9.17, 15) is 4.79 Å². The van der Waals surface area contributed by atoms with Crippen LogP contribution in [0.4, 0.5) is 0 Å². The number of hydrogen-bond acceptors (Lipinski definition) is 3. The summed E-state index contributed by atoms with van der Waals surface area (Å²) in [6.07, 6.45) is 0.478. The van der Waals surface area contributed by atoms with Crippen molar-refractivity contribution in [3.63, 3.8) is 0 Å². The van der Waals surface area contributed by atoms with Gasteiger partial charge in [-0.3, -0.25) is 4.79 Å². The molecule has 0 saturated heterocycles. The van der Waals surface area contributed by atoms with Gasteiger partial charge >= 0.3 is 5.97 Å². The zero-order chi connectivity index (χ0) is 11.8. The van der Waals surface area contributed by atoms with Gasteiger partial charge in [-0.2, -0.15) is 11.8 Å². The third kappa shape index (κ3) is 5.42. The Morgan fingerprint density at radius 1 is 1.38 bits per heavy atom. The van der Waals surface area contributed by atoms with E-state index < -0.39 is 0 Å². The minimum Gasteiger partial charge on any atom is -0.466 e. The molecule has 88 valence electrons. The molecule has 0 bridgehead atoms. The molecule has 0 spiro atoms. The van der Waals surface area contributed by atoms with E-state index in [0.29, 0.717) is 13.0 Å². The van der Waals surface area contributed by atoms with E-state index in [0.717, 1.165) is 16.5 Å². The molecule has 0 atom stereocenters. The van der Waals surface area contributed by atoms with E-state index in [1.807, 2.05) is 31.2 Å². The predicted octanol–water partition coefficient (Wildman–Crippen LogP) is 3.53. The minimum absolute atomic E-state index is 0.119. The lowest BCUT2D eigenvalue weighted by Crippen LogP contribution is -2.04. The Labute approximate surface area is 105 Å². The molecule has 0 aromatic heterocycles. The van der Waals surface area contributed by atoms with Crippen LogP contribution in [0, 0.1) is 0 Å². The molecule has 0 heterocycles. The molecule has 0 radical (unpaired) electrons. The van der Waals surface area contributed by atoms with E-state index >= 15 is 0 Å². The number of carbonyl (C=O) groups is 1. The Kier molecular flexibility index (Phi) is 6.34. The van der Waals surface area contributed by atoms with Crippen LogP contribution in [0.25, 0.3) is 0 Å². The van der Waals surface area contributed by atoms with Crippen LogP contribution >= 0.6 is 23.4 Å². The van der Waals surface area contributed by atoms with Crippen LogP contribution in [0.3, 0.4) is 0 Å². The Bertz CT molecular complexity index is 324. The molecule has 2 nitrogen and oxygen atoms in total. The van der Waals surface area contributed by atoms with Crippen LogP contribution in [0.15, 0.2) is 24.3 Å². The van der Waals surface area contributed by atoms with Crippen molar-refractivity contribution in [2.24, 2.45) is 0 Å². The van der Waals surface area contributed by atoms with Crippen LogP contribution in [-0.2, 0) is 15.3 Å². The number of ether oxygens (including phenoxy) is 1. The highest BCUT2D eigenvalue weighted by molar-refractivity contribution is 7.98. The Morgan fingerprint density at radius 3 is 2.69 bits per heavy atom. The molecule has 1 rings (SSSR count). The van der Waals surface area contributed by atoms with Gasteiger partial charge in [0.15, 0.2) is 0 Å². The lowest BCUT2D eigenvalue weighted by molar-refractivity contribution is -0.142. The third-order valence-corrected chi connectivity index (χ3v) is 3.22. The molecule has 16 heavy (non-hydrogen) atoms. The predicted molar refractivity (Wildman–Crippen MR) is 68.9 cm³/mol. The molecule has 1 aromatic carbocycles. The summed E-state index contributed by atoms with van der Waals surface area (Å²) in [5.41, 5.74) is 1.22. The zero-order valence-electron chi connectivity index (χ0n) is 9.24. The molecule has 0 aliphatic rings. The van der Waals surface area contributed by atoms with Gasteiger partial charge in [0.25, 0.3) is 0 Å². The molecule has 4 heteroatoms. The standard InChI is InChI=1S/C12H15ClO2S/c1-2-15-12(14)7-8-16-9-10-3-5-11(13)6-4-10/h3-6H,2,7-9H2,1H3. The maximum absolute atomic E-state index is 11.0. The molecular formula is C12H15ClO2S. The van der Waals surface area contributed by atoms with Crippen LogP contribution in [0.2, 0.25) is 5.02 Å². The topological polar surface area (TPSA) is 26.3 Å². The van der Waals surface area contributed by atoms with Crippen molar-refractivity contribution in [1.29, 1.82) is 0 Å². The highest BCUT2D eigenvalue weighted by atomic mass is 35.5. The Balaban J connectivity index is 2.16. The summed E-state index contributed by atoms with van der Waals surface area (Å²) in [5.74, 6) is 1.57. The fraction of sp³-hybridized carbons (Fsp3) is 0.417. The van der Waals surface area contributed by atoms with Gasteiger partial charge in [-0.15, -0.1) is 0 Å². The maximum Gasteiger partial charge on any atom is 0.306 e. The number of thioether (sulfide) groups is 1. The molecule has 0 aliphatic carbocycles. The van der Waals surface area contributed by atoms with E-state index in [1.165, 1.54) is 5.56 Å². The molecule has 0 saturated carbocycles. The second kappa shape index (κ2) is 7.58. The first-order chi connectivity index (χ1) is 7.72. The van der Waals surface area contributed by atoms with Gasteiger partial charge in [-0.25, -0.2) is 0 Å². The second-order valence-electron chi connectivity index (χ2n) is 3.23. The summed E-state index contributed by atoms with van der Waals surface area (Å²) < 4.78 is 4.84. The van der Waals surface area contributed by atoms with Gasteiger partial charge in [0.05, 0.1) is 13.0 Å². The summed E-state index contributed by atoms with van der Waals surface area (Å²) in [4.78, 5) is 11.0. The van der Waals surface area contributed by atoms with E-state index in [2.05, 4.69) is 0 Å². The SMILES string of the molecule is CCOC(=O)CCSCc1ccc(Cl)cc1. The molecule has 0 fully saturated rings. The first kappa shape index (κ1) is 13.4. The van der Waals surface area contributed by atoms with Crippen molar-refractivity contribution in [3.8, 4) is 0 Å².